The Labute approximate surface area is 223 Å². The van der Waals surface area contributed by atoms with E-state index in [4.69, 9.17) is 4.74 Å². The molecule has 6 nitrogen and oxygen atoms in total. The number of amides is 1. The lowest BCUT2D eigenvalue weighted by atomic mass is 9.93. The van der Waals surface area contributed by atoms with Crippen molar-refractivity contribution in [1.29, 1.82) is 0 Å². The van der Waals surface area contributed by atoms with Gasteiger partial charge in [-0.3, -0.25) is 4.79 Å². The van der Waals surface area contributed by atoms with E-state index in [0.29, 0.717) is 25.1 Å². The summed E-state index contributed by atoms with van der Waals surface area (Å²) in [4.78, 5) is 25.0. The summed E-state index contributed by atoms with van der Waals surface area (Å²) >= 11 is 1.84. The molecule has 0 aliphatic carbocycles. The highest BCUT2D eigenvalue weighted by Gasteiger charge is 2.23. The van der Waals surface area contributed by atoms with Crippen LogP contribution in [0.15, 0.2) is 72.8 Å². The molecule has 2 unspecified atom stereocenters. The van der Waals surface area contributed by atoms with Crippen LogP contribution in [-0.2, 0) is 16.1 Å². The van der Waals surface area contributed by atoms with Crippen LogP contribution in [0.5, 0.6) is 0 Å². The normalized spacial score (nSPS) is 12.6. The van der Waals surface area contributed by atoms with Crippen LogP contribution in [0.1, 0.15) is 46.5 Å². The molecule has 0 aliphatic rings. The summed E-state index contributed by atoms with van der Waals surface area (Å²) in [5.74, 6) is 0.410. The molecule has 0 aromatic heterocycles. The Morgan fingerprint density at radius 3 is 2.41 bits per heavy atom. The molecule has 0 bridgehead atoms. The molecular weight excluding hydrogens is 484 g/mol. The highest BCUT2D eigenvalue weighted by molar-refractivity contribution is 7.99. The van der Waals surface area contributed by atoms with Gasteiger partial charge in [-0.1, -0.05) is 67.6 Å². The topological polar surface area (TPSA) is 87.7 Å². The van der Waals surface area contributed by atoms with Gasteiger partial charge in [0.2, 0.25) is 0 Å². The third-order valence-corrected chi connectivity index (χ3v) is 7.09. The smallest absolute Gasteiger partial charge is 0.326 e. The number of carboxylic acid groups (broad SMARTS) is 1. The second-order valence-corrected chi connectivity index (χ2v) is 10.1. The zero-order chi connectivity index (χ0) is 26.6. The Balaban J connectivity index is 1.89. The van der Waals surface area contributed by atoms with Crippen molar-refractivity contribution in [3.63, 3.8) is 0 Å². The second-order valence-electron chi connectivity index (χ2n) is 8.82. The van der Waals surface area contributed by atoms with Gasteiger partial charge in [0.15, 0.2) is 0 Å². The number of ether oxygens (including phenoxy) is 1. The third kappa shape index (κ3) is 8.18. The average molecular weight is 521 g/mol. The van der Waals surface area contributed by atoms with E-state index in [2.05, 4.69) is 29.7 Å². The number of rotatable bonds is 14. The quantitative estimate of drug-likeness (QED) is 0.261. The molecule has 0 spiro atoms. The van der Waals surface area contributed by atoms with Gasteiger partial charge in [0.25, 0.3) is 5.91 Å². The maximum absolute atomic E-state index is 13.3. The number of carboxylic acids is 1. The highest BCUT2D eigenvalue weighted by Crippen LogP contribution is 2.30. The molecule has 37 heavy (non-hydrogen) atoms. The summed E-state index contributed by atoms with van der Waals surface area (Å²) < 4.78 is 6.37. The molecule has 7 heteroatoms. The van der Waals surface area contributed by atoms with E-state index in [0.717, 1.165) is 39.3 Å². The van der Waals surface area contributed by atoms with Gasteiger partial charge in [-0.2, -0.15) is 11.8 Å². The lowest BCUT2D eigenvalue weighted by Gasteiger charge is -2.20. The number of thioether (sulfide) groups is 1. The minimum absolute atomic E-state index is 0.0421. The number of nitrogens with one attached hydrogen (secondary N) is 2. The number of aryl methyl sites for hydroxylation is 1. The third-order valence-electron chi connectivity index (χ3n) is 6.15. The summed E-state index contributed by atoms with van der Waals surface area (Å²) in [5, 5.41) is 15.2. The first-order valence-corrected chi connectivity index (χ1v) is 13.7. The molecule has 3 aromatic carbocycles. The highest BCUT2D eigenvalue weighted by atomic mass is 32.2. The maximum atomic E-state index is 13.3. The molecule has 0 heterocycles. The summed E-state index contributed by atoms with van der Waals surface area (Å²) in [7, 11) is 1.75. The fourth-order valence-electron chi connectivity index (χ4n) is 4.09. The van der Waals surface area contributed by atoms with Gasteiger partial charge in [0.05, 0.1) is 12.7 Å². The summed E-state index contributed by atoms with van der Waals surface area (Å²) in [6.07, 6.45) is 0.249. The van der Waals surface area contributed by atoms with Crippen LogP contribution < -0.4 is 10.6 Å². The first kappa shape index (κ1) is 28.4. The van der Waals surface area contributed by atoms with Gasteiger partial charge in [0.1, 0.15) is 6.04 Å². The number of carbonyl (C=O) groups excluding carboxylic acids is 1. The van der Waals surface area contributed by atoms with Crippen molar-refractivity contribution in [1.82, 2.24) is 10.6 Å². The Bertz CT molecular complexity index is 1170. The number of aliphatic carboxylic acids is 1. The van der Waals surface area contributed by atoms with Gasteiger partial charge in [-0.25, -0.2) is 4.79 Å². The summed E-state index contributed by atoms with van der Waals surface area (Å²) in [6.45, 7) is 5.01. The lowest BCUT2D eigenvalue weighted by Crippen LogP contribution is -2.42. The molecule has 3 rings (SSSR count). The van der Waals surface area contributed by atoms with Crippen LogP contribution in [0.4, 0.5) is 0 Å². The van der Waals surface area contributed by atoms with Crippen molar-refractivity contribution in [3.8, 4) is 11.1 Å². The Kier molecular flexibility index (Phi) is 11.2. The molecule has 0 fully saturated rings. The standard InChI is InChI=1S/C30H36N2O4S/c1-4-37-20-28(23-11-6-5-7-12-23)36-19-22-14-15-25(26(18-22)24-13-9-8-10-21(24)2)29(33)32-27(30(34)35)16-17-31-3/h5-15,18,27-28,31H,4,16-17,19-20H2,1-3H3,(H,32,33)(H,34,35). The van der Waals surface area contributed by atoms with Gasteiger partial charge < -0.3 is 20.5 Å². The van der Waals surface area contributed by atoms with Crippen LogP contribution >= 0.6 is 11.8 Å². The minimum atomic E-state index is -1.05. The fraction of sp³-hybridized carbons (Fsp3) is 0.333. The Morgan fingerprint density at radius 2 is 1.73 bits per heavy atom. The second kappa shape index (κ2) is 14.6. The van der Waals surface area contributed by atoms with E-state index >= 15 is 0 Å². The van der Waals surface area contributed by atoms with Crippen LogP contribution in [0.2, 0.25) is 0 Å². The van der Waals surface area contributed by atoms with E-state index in [9.17, 15) is 14.7 Å². The van der Waals surface area contributed by atoms with Crippen molar-refractivity contribution in [2.75, 3.05) is 25.1 Å². The molecular formula is C30H36N2O4S. The summed E-state index contributed by atoms with van der Waals surface area (Å²) in [5.41, 5.74) is 5.24. The van der Waals surface area contributed by atoms with Crippen LogP contribution in [0, 0.1) is 6.92 Å². The van der Waals surface area contributed by atoms with Crippen molar-refractivity contribution in [2.45, 2.75) is 39.0 Å². The monoisotopic (exact) mass is 520 g/mol. The Morgan fingerprint density at radius 1 is 1.00 bits per heavy atom. The zero-order valence-corrected chi connectivity index (χ0v) is 22.5. The van der Waals surface area contributed by atoms with Crippen molar-refractivity contribution in [3.05, 3.63) is 95.1 Å². The number of benzene rings is 3. The van der Waals surface area contributed by atoms with Gasteiger partial charge in [-0.05, 0) is 72.6 Å². The number of carbonyl (C=O) groups is 2. The van der Waals surface area contributed by atoms with Gasteiger partial charge >= 0.3 is 5.97 Å². The van der Waals surface area contributed by atoms with E-state index < -0.39 is 17.9 Å². The molecule has 1 amide bonds. The van der Waals surface area contributed by atoms with Crippen LogP contribution in [0.25, 0.3) is 11.1 Å². The SMILES string of the molecule is CCSCC(OCc1ccc(C(=O)NC(CCNC)C(=O)O)c(-c2ccccc2C)c1)c1ccccc1. The number of hydrogen-bond donors (Lipinski definition) is 3. The molecule has 196 valence electrons. The predicted octanol–water partition coefficient (Wildman–Crippen LogP) is 5.47. The lowest BCUT2D eigenvalue weighted by molar-refractivity contribution is -0.139. The molecule has 0 aliphatic heterocycles. The van der Waals surface area contributed by atoms with E-state index in [1.165, 1.54) is 0 Å². The molecule has 0 saturated heterocycles. The fourth-order valence-corrected chi connectivity index (χ4v) is 4.83. The maximum Gasteiger partial charge on any atom is 0.326 e. The minimum Gasteiger partial charge on any atom is -0.480 e. The molecule has 2 atom stereocenters. The van der Waals surface area contributed by atoms with Crippen molar-refractivity contribution < 1.29 is 19.4 Å². The van der Waals surface area contributed by atoms with Gasteiger partial charge in [-0.15, -0.1) is 0 Å². The molecule has 0 saturated carbocycles. The predicted molar refractivity (Wildman–Crippen MR) is 151 cm³/mol. The van der Waals surface area contributed by atoms with E-state index in [1.54, 1.807) is 13.1 Å². The van der Waals surface area contributed by atoms with Crippen LogP contribution in [0.3, 0.4) is 0 Å². The van der Waals surface area contributed by atoms with E-state index in [1.807, 2.05) is 73.3 Å². The van der Waals surface area contributed by atoms with E-state index in [-0.39, 0.29) is 6.10 Å². The number of hydrogen-bond acceptors (Lipinski definition) is 5. The molecule has 3 N–H and O–H groups in total. The zero-order valence-electron chi connectivity index (χ0n) is 21.7. The first-order valence-electron chi connectivity index (χ1n) is 12.6. The van der Waals surface area contributed by atoms with Gasteiger partial charge in [0, 0.05) is 11.3 Å². The molecule has 3 aromatic rings. The van der Waals surface area contributed by atoms with Crippen molar-refractivity contribution >= 4 is 23.6 Å². The van der Waals surface area contributed by atoms with Crippen LogP contribution in [-0.4, -0.2) is 48.1 Å². The molecule has 0 radical (unpaired) electrons. The summed E-state index contributed by atoms with van der Waals surface area (Å²) in [6, 6.07) is 22.7. The first-order chi connectivity index (χ1) is 17.9. The largest absolute Gasteiger partial charge is 0.480 e. The Hall–Kier alpha value is -3.13. The van der Waals surface area contributed by atoms with Crippen molar-refractivity contribution in [2.24, 2.45) is 0 Å². The average Bonchev–Trinajstić information content (AvgIpc) is 2.91.